The summed E-state index contributed by atoms with van der Waals surface area (Å²) in [5.74, 6) is -0.713. The molecule has 122 valence electrons. The van der Waals surface area contributed by atoms with Crippen LogP contribution in [0.1, 0.15) is 12.5 Å². The van der Waals surface area contributed by atoms with Crippen molar-refractivity contribution in [2.45, 2.75) is 19.1 Å². The molecule has 0 heterocycles. The zero-order chi connectivity index (χ0) is 16.9. The van der Waals surface area contributed by atoms with Gasteiger partial charge in [-0.05, 0) is 24.6 Å². The summed E-state index contributed by atoms with van der Waals surface area (Å²) in [4.78, 5) is 11.6. The van der Waals surface area contributed by atoms with Crippen LogP contribution in [0.4, 0.5) is 0 Å². The standard InChI is InChI=1S/C17H17Cl2NO3/c1-17(16(21)22,11-20-10-12-5-3-2-4-6-12)23-13-7-8-14(18)15(19)9-13/h2-9,20H,10-11H2,1H3,(H,21,22). The number of carbonyl (C=O) groups is 1. The molecule has 0 spiro atoms. The fourth-order valence-corrected chi connectivity index (χ4v) is 2.29. The Labute approximate surface area is 145 Å². The third kappa shape index (κ3) is 4.86. The Bertz CT molecular complexity index is 679. The van der Waals surface area contributed by atoms with Gasteiger partial charge in [-0.2, -0.15) is 0 Å². The van der Waals surface area contributed by atoms with E-state index in [1.165, 1.54) is 13.0 Å². The van der Waals surface area contributed by atoms with Crippen LogP contribution < -0.4 is 10.1 Å². The van der Waals surface area contributed by atoms with Crippen LogP contribution in [0.5, 0.6) is 5.75 Å². The van der Waals surface area contributed by atoms with Crippen molar-refractivity contribution >= 4 is 29.2 Å². The SMILES string of the molecule is CC(CNCc1ccccc1)(Oc1ccc(Cl)c(Cl)c1)C(=O)O. The highest BCUT2D eigenvalue weighted by Gasteiger charge is 2.35. The summed E-state index contributed by atoms with van der Waals surface area (Å²) in [6.07, 6.45) is 0. The number of benzene rings is 2. The second kappa shape index (κ2) is 7.68. The van der Waals surface area contributed by atoms with Crippen LogP contribution in [0.15, 0.2) is 48.5 Å². The first kappa shape index (κ1) is 17.6. The van der Waals surface area contributed by atoms with E-state index in [0.717, 1.165) is 5.56 Å². The van der Waals surface area contributed by atoms with Gasteiger partial charge in [-0.15, -0.1) is 0 Å². The van der Waals surface area contributed by atoms with E-state index in [4.69, 9.17) is 27.9 Å². The molecule has 23 heavy (non-hydrogen) atoms. The molecule has 0 bridgehead atoms. The quantitative estimate of drug-likeness (QED) is 0.789. The van der Waals surface area contributed by atoms with Crippen molar-refractivity contribution in [3.05, 3.63) is 64.1 Å². The van der Waals surface area contributed by atoms with Gasteiger partial charge in [0.15, 0.2) is 0 Å². The van der Waals surface area contributed by atoms with Crippen LogP contribution >= 0.6 is 23.2 Å². The van der Waals surface area contributed by atoms with E-state index < -0.39 is 11.6 Å². The van der Waals surface area contributed by atoms with Crippen molar-refractivity contribution in [2.24, 2.45) is 0 Å². The molecule has 0 fully saturated rings. The average Bonchev–Trinajstić information content (AvgIpc) is 2.52. The maximum Gasteiger partial charge on any atom is 0.349 e. The summed E-state index contributed by atoms with van der Waals surface area (Å²) in [5, 5.41) is 13.3. The molecular weight excluding hydrogens is 337 g/mol. The summed E-state index contributed by atoms with van der Waals surface area (Å²) >= 11 is 11.8. The van der Waals surface area contributed by atoms with Crippen molar-refractivity contribution in [1.82, 2.24) is 5.32 Å². The van der Waals surface area contributed by atoms with Gasteiger partial charge >= 0.3 is 5.97 Å². The van der Waals surface area contributed by atoms with Crippen LogP contribution in [0.2, 0.25) is 10.0 Å². The van der Waals surface area contributed by atoms with Crippen LogP contribution in [-0.4, -0.2) is 23.2 Å². The summed E-state index contributed by atoms with van der Waals surface area (Å²) in [5.41, 5.74) is -0.360. The van der Waals surface area contributed by atoms with E-state index in [1.807, 2.05) is 30.3 Å². The molecule has 0 aliphatic carbocycles. The molecule has 0 aliphatic rings. The van der Waals surface area contributed by atoms with Crippen molar-refractivity contribution in [2.75, 3.05) is 6.54 Å². The van der Waals surface area contributed by atoms with Gasteiger partial charge in [0.05, 0.1) is 10.0 Å². The molecule has 1 atom stereocenters. The van der Waals surface area contributed by atoms with Crippen molar-refractivity contribution in [3.63, 3.8) is 0 Å². The molecule has 0 radical (unpaired) electrons. The van der Waals surface area contributed by atoms with Gasteiger partial charge in [0.1, 0.15) is 5.75 Å². The lowest BCUT2D eigenvalue weighted by Crippen LogP contribution is -2.49. The van der Waals surface area contributed by atoms with Crippen molar-refractivity contribution in [1.29, 1.82) is 0 Å². The van der Waals surface area contributed by atoms with Gasteiger partial charge in [0.2, 0.25) is 5.60 Å². The number of rotatable bonds is 7. The number of ether oxygens (including phenoxy) is 1. The first-order chi connectivity index (χ1) is 10.9. The maximum absolute atomic E-state index is 11.6. The van der Waals surface area contributed by atoms with Crippen LogP contribution in [0, 0.1) is 0 Å². The summed E-state index contributed by atoms with van der Waals surface area (Å²) in [6.45, 7) is 2.20. The molecule has 0 saturated carbocycles. The van der Waals surface area contributed by atoms with Crippen molar-refractivity contribution < 1.29 is 14.6 Å². The molecule has 2 aromatic rings. The fourth-order valence-electron chi connectivity index (χ4n) is 2.00. The Morgan fingerprint density at radius 1 is 1.17 bits per heavy atom. The minimum absolute atomic E-state index is 0.136. The first-order valence-corrected chi connectivity index (χ1v) is 7.78. The van der Waals surface area contributed by atoms with Crippen LogP contribution in [0.25, 0.3) is 0 Å². The first-order valence-electron chi connectivity index (χ1n) is 7.03. The molecule has 2 aromatic carbocycles. The predicted octanol–water partition coefficient (Wildman–Crippen LogP) is 4.01. The fraction of sp³-hybridized carbons (Fsp3) is 0.235. The average molecular weight is 354 g/mol. The molecule has 0 amide bonds. The lowest BCUT2D eigenvalue weighted by Gasteiger charge is -2.27. The number of aliphatic carboxylic acids is 1. The van der Waals surface area contributed by atoms with Gasteiger partial charge < -0.3 is 15.2 Å². The smallest absolute Gasteiger partial charge is 0.349 e. The van der Waals surface area contributed by atoms with Crippen molar-refractivity contribution in [3.8, 4) is 5.75 Å². The van der Waals surface area contributed by atoms with Crippen LogP contribution in [0.3, 0.4) is 0 Å². The van der Waals surface area contributed by atoms with E-state index >= 15 is 0 Å². The molecule has 0 aromatic heterocycles. The zero-order valence-electron chi connectivity index (χ0n) is 12.6. The normalized spacial score (nSPS) is 13.3. The molecule has 4 nitrogen and oxygen atoms in total. The zero-order valence-corrected chi connectivity index (χ0v) is 14.1. The monoisotopic (exact) mass is 353 g/mol. The lowest BCUT2D eigenvalue weighted by molar-refractivity contribution is -0.153. The molecule has 0 saturated heterocycles. The molecule has 2 rings (SSSR count). The third-order valence-corrected chi connectivity index (χ3v) is 4.06. The largest absolute Gasteiger partial charge is 0.478 e. The second-order valence-electron chi connectivity index (χ2n) is 5.30. The van der Waals surface area contributed by atoms with E-state index in [9.17, 15) is 9.90 Å². The van der Waals surface area contributed by atoms with E-state index in [1.54, 1.807) is 12.1 Å². The highest BCUT2D eigenvalue weighted by molar-refractivity contribution is 6.42. The number of hydrogen-bond acceptors (Lipinski definition) is 3. The minimum Gasteiger partial charge on any atom is -0.478 e. The Kier molecular flexibility index (Phi) is 5.88. The molecule has 6 heteroatoms. The Balaban J connectivity index is 2.03. The lowest BCUT2D eigenvalue weighted by atomic mass is 10.1. The highest BCUT2D eigenvalue weighted by Crippen LogP contribution is 2.28. The summed E-state index contributed by atoms with van der Waals surface area (Å²) < 4.78 is 5.63. The molecular formula is C17H17Cl2NO3. The number of nitrogens with one attached hydrogen (secondary N) is 1. The van der Waals surface area contributed by atoms with E-state index in [-0.39, 0.29) is 6.54 Å². The van der Waals surface area contributed by atoms with Crippen LogP contribution in [-0.2, 0) is 11.3 Å². The number of halogens is 2. The molecule has 2 N–H and O–H groups in total. The number of carboxylic acids is 1. The Morgan fingerprint density at radius 3 is 2.48 bits per heavy atom. The molecule has 1 unspecified atom stereocenters. The topological polar surface area (TPSA) is 58.6 Å². The van der Waals surface area contributed by atoms with Gasteiger partial charge in [0.25, 0.3) is 0 Å². The second-order valence-corrected chi connectivity index (χ2v) is 6.12. The van der Waals surface area contributed by atoms with E-state index in [0.29, 0.717) is 22.3 Å². The Hall–Kier alpha value is -1.75. The maximum atomic E-state index is 11.6. The summed E-state index contributed by atoms with van der Waals surface area (Å²) in [6, 6.07) is 14.4. The van der Waals surface area contributed by atoms with Gasteiger partial charge in [-0.3, -0.25) is 0 Å². The van der Waals surface area contributed by atoms with Gasteiger partial charge in [-0.25, -0.2) is 4.79 Å². The minimum atomic E-state index is -1.42. The number of hydrogen-bond donors (Lipinski definition) is 2. The summed E-state index contributed by atoms with van der Waals surface area (Å²) in [7, 11) is 0. The Morgan fingerprint density at radius 2 is 1.87 bits per heavy atom. The number of carboxylic acid groups (broad SMARTS) is 1. The van der Waals surface area contributed by atoms with Gasteiger partial charge in [-0.1, -0.05) is 53.5 Å². The van der Waals surface area contributed by atoms with Gasteiger partial charge in [0, 0.05) is 19.2 Å². The highest BCUT2D eigenvalue weighted by atomic mass is 35.5. The van der Waals surface area contributed by atoms with E-state index in [2.05, 4.69) is 5.32 Å². The predicted molar refractivity (Wildman–Crippen MR) is 91.3 cm³/mol. The molecule has 0 aliphatic heterocycles. The third-order valence-electron chi connectivity index (χ3n) is 3.32.